The van der Waals surface area contributed by atoms with Gasteiger partial charge in [0.1, 0.15) is 22.9 Å². The SMILES string of the molecule is COc1ccc(C=NNC(=O)Cn2cnc3sc(C)c(-c4ccccc4)c3c2=O)c(OC)c1. The van der Waals surface area contributed by atoms with Crippen molar-refractivity contribution < 1.29 is 14.3 Å². The fraction of sp³-hybridized carbons (Fsp3) is 0.167. The minimum absolute atomic E-state index is 0.206. The fourth-order valence-corrected chi connectivity index (χ4v) is 4.49. The van der Waals surface area contributed by atoms with Crippen molar-refractivity contribution in [3.8, 4) is 22.6 Å². The summed E-state index contributed by atoms with van der Waals surface area (Å²) in [6.45, 7) is 1.76. The van der Waals surface area contributed by atoms with Gasteiger partial charge >= 0.3 is 0 Å². The Morgan fingerprint density at radius 1 is 1.18 bits per heavy atom. The number of nitrogens with one attached hydrogen (secondary N) is 1. The molecule has 168 valence electrons. The predicted octanol–water partition coefficient (Wildman–Crippen LogP) is 3.60. The molecule has 0 atom stereocenters. The van der Waals surface area contributed by atoms with E-state index < -0.39 is 5.91 Å². The number of thiophene rings is 1. The highest BCUT2D eigenvalue weighted by Crippen LogP contribution is 2.35. The summed E-state index contributed by atoms with van der Waals surface area (Å²) in [5.74, 6) is 0.753. The maximum Gasteiger partial charge on any atom is 0.263 e. The van der Waals surface area contributed by atoms with Crippen LogP contribution in [0.5, 0.6) is 11.5 Å². The van der Waals surface area contributed by atoms with E-state index in [2.05, 4.69) is 15.5 Å². The van der Waals surface area contributed by atoms with Crippen molar-refractivity contribution in [2.75, 3.05) is 14.2 Å². The molecule has 9 heteroatoms. The summed E-state index contributed by atoms with van der Waals surface area (Å²) in [5, 5.41) is 4.50. The second-order valence-electron chi connectivity index (χ2n) is 7.16. The highest BCUT2D eigenvalue weighted by atomic mass is 32.1. The molecular formula is C24H22N4O4S. The summed E-state index contributed by atoms with van der Waals surface area (Å²) in [6.07, 6.45) is 2.86. The lowest BCUT2D eigenvalue weighted by molar-refractivity contribution is -0.121. The van der Waals surface area contributed by atoms with Gasteiger partial charge in [-0.1, -0.05) is 30.3 Å². The van der Waals surface area contributed by atoms with E-state index in [0.29, 0.717) is 27.3 Å². The number of carbonyl (C=O) groups excluding carboxylic acids is 1. The first-order valence-corrected chi connectivity index (χ1v) is 10.9. The molecule has 1 N–H and O–H groups in total. The zero-order valence-corrected chi connectivity index (χ0v) is 19.2. The third kappa shape index (κ3) is 4.63. The standard InChI is InChI=1S/C24H22N4O4S/c1-15-21(16-7-5-4-6-8-16)22-23(33-15)25-14-28(24(22)30)13-20(29)27-26-12-17-9-10-18(31-2)11-19(17)32-3/h4-12,14H,13H2,1-3H3,(H,27,29). The Bertz CT molecular complexity index is 1390. The molecule has 0 aliphatic heterocycles. The van der Waals surface area contributed by atoms with Crippen LogP contribution in [0.15, 0.2) is 64.8 Å². The molecule has 0 radical (unpaired) electrons. The molecule has 0 spiro atoms. The van der Waals surface area contributed by atoms with Crippen molar-refractivity contribution in [3.05, 3.63) is 75.7 Å². The maximum atomic E-state index is 13.2. The first-order chi connectivity index (χ1) is 16.0. The van der Waals surface area contributed by atoms with Gasteiger partial charge in [0.2, 0.25) is 0 Å². The second-order valence-corrected chi connectivity index (χ2v) is 8.36. The third-order valence-electron chi connectivity index (χ3n) is 5.06. The van der Waals surface area contributed by atoms with Gasteiger partial charge in [-0.25, -0.2) is 10.4 Å². The van der Waals surface area contributed by atoms with E-state index in [4.69, 9.17) is 9.47 Å². The second kappa shape index (κ2) is 9.66. The average molecular weight is 463 g/mol. The van der Waals surface area contributed by atoms with Crippen LogP contribution in [0.1, 0.15) is 10.4 Å². The van der Waals surface area contributed by atoms with E-state index in [1.807, 2.05) is 37.3 Å². The Labute approximate surface area is 194 Å². The monoisotopic (exact) mass is 462 g/mol. The van der Waals surface area contributed by atoms with E-state index in [1.54, 1.807) is 25.3 Å². The summed E-state index contributed by atoms with van der Waals surface area (Å²) in [7, 11) is 3.10. The fourth-order valence-electron chi connectivity index (χ4n) is 3.49. The van der Waals surface area contributed by atoms with Crippen LogP contribution in [-0.2, 0) is 11.3 Å². The van der Waals surface area contributed by atoms with Crippen LogP contribution in [0.3, 0.4) is 0 Å². The van der Waals surface area contributed by atoms with Crippen molar-refractivity contribution in [1.82, 2.24) is 15.0 Å². The van der Waals surface area contributed by atoms with E-state index in [-0.39, 0.29) is 12.1 Å². The van der Waals surface area contributed by atoms with Gasteiger partial charge < -0.3 is 9.47 Å². The Morgan fingerprint density at radius 3 is 2.70 bits per heavy atom. The molecule has 0 unspecified atom stereocenters. The number of methoxy groups -OCH3 is 2. The van der Waals surface area contributed by atoms with Crippen molar-refractivity contribution in [1.29, 1.82) is 0 Å². The van der Waals surface area contributed by atoms with Gasteiger partial charge in [0.25, 0.3) is 11.5 Å². The first kappa shape index (κ1) is 22.2. The number of rotatable bonds is 7. The van der Waals surface area contributed by atoms with Gasteiger partial charge in [-0.3, -0.25) is 14.2 Å². The molecule has 0 fully saturated rings. The Balaban J connectivity index is 1.55. The topological polar surface area (TPSA) is 94.8 Å². The quantitative estimate of drug-likeness (QED) is 0.335. The lowest BCUT2D eigenvalue weighted by Crippen LogP contribution is -2.30. The highest BCUT2D eigenvalue weighted by Gasteiger charge is 2.17. The first-order valence-electron chi connectivity index (χ1n) is 10.1. The zero-order chi connectivity index (χ0) is 23.4. The van der Waals surface area contributed by atoms with Gasteiger partial charge in [-0.2, -0.15) is 5.10 Å². The molecule has 0 saturated carbocycles. The van der Waals surface area contributed by atoms with Gasteiger partial charge in [0, 0.05) is 22.1 Å². The molecule has 2 heterocycles. The van der Waals surface area contributed by atoms with Crippen molar-refractivity contribution in [2.24, 2.45) is 5.10 Å². The zero-order valence-electron chi connectivity index (χ0n) is 18.4. The Morgan fingerprint density at radius 2 is 1.97 bits per heavy atom. The summed E-state index contributed by atoms with van der Waals surface area (Å²) in [4.78, 5) is 31.7. The number of hydrogen-bond donors (Lipinski definition) is 1. The summed E-state index contributed by atoms with van der Waals surface area (Å²) < 4.78 is 11.8. The van der Waals surface area contributed by atoms with Crippen LogP contribution in [-0.4, -0.2) is 35.9 Å². The molecule has 8 nitrogen and oxygen atoms in total. The van der Waals surface area contributed by atoms with Crippen LogP contribution >= 0.6 is 11.3 Å². The molecule has 0 bridgehead atoms. The number of fused-ring (bicyclic) bond motifs is 1. The van der Waals surface area contributed by atoms with E-state index in [0.717, 1.165) is 16.0 Å². The van der Waals surface area contributed by atoms with Crippen molar-refractivity contribution >= 4 is 33.7 Å². The molecule has 2 aromatic carbocycles. The average Bonchev–Trinajstić information content (AvgIpc) is 3.18. The number of aromatic nitrogens is 2. The lowest BCUT2D eigenvalue weighted by atomic mass is 10.0. The number of hydrogen-bond acceptors (Lipinski definition) is 7. The largest absolute Gasteiger partial charge is 0.497 e. The molecule has 1 amide bonds. The number of ether oxygens (including phenoxy) is 2. The number of benzene rings is 2. The highest BCUT2D eigenvalue weighted by molar-refractivity contribution is 7.19. The van der Waals surface area contributed by atoms with E-state index >= 15 is 0 Å². The van der Waals surface area contributed by atoms with Crippen LogP contribution in [0.25, 0.3) is 21.3 Å². The number of hydrazone groups is 1. The number of nitrogens with zero attached hydrogens (tertiary/aromatic N) is 3. The smallest absolute Gasteiger partial charge is 0.263 e. The molecule has 4 rings (SSSR count). The Kier molecular flexibility index (Phi) is 6.50. The number of amides is 1. The Hall–Kier alpha value is -3.98. The summed E-state index contributed by atoms with van der Waals surface area (Å²) in [6, 6.07) is 14.9. The summed E-state index contributed by atoms with van der Waals surface area (Å²) in [5.41, 5.74) is 4.65. The molecule has 0 aliphatic carbocycles. The van der Waals surface area contributed by atoms with Crippen LogP contribution in [0.2, 0.25) is 0 Å². The normalized spacial score (nSPS) is 11.1. The van der Waals surface area contributed by atoms with Gasteiger partial charge in [0.15, 0.2) is 0 Å². The third-order valence-corrected chi connectivity index (χ3v) is 6.08. The minimum Gasteiger partial charge on any atom is -0.497 e. The van der Waals surface area contributed by atoms with Crippen LogP contribution < -0.4 is 20.5 Å². The number of aryl methyl sites for hydroxylation is 1. The molecule has 4 aromatic rings. The molecule has 0 saturated heterocycles. The van der Waals surface area contributed by atoms with Gasteiger partial charge in [-0.05, 0) is 24.6 Å². The van der Waals surface area contributed by atoms with Crippen LogP contribution in [0.4, 0.5) is 0 Å². The molecule has 2 aromatic heterocycles. The predicted molar refractivity (Wildman–Crippen MR) is 129 cm³/mol. The van der Waals surface area contributed by atoms with Crippen LogP contribution in [0, 0.1) is 6.92 Å². The van der Waals surface area contributed by atoms with Gasteiger partial charge in [0.05, 0.1) is 32.1 Å². The lowest BCUT2D eigenvalue weighted by Gasteiger charge is -2.07. The molecular weight excluding hydrogens is 440 g/mol. The van der Waals surface area contributed by atoms with E-state index in [9.17, 15) is 9.59 Å². The van der Waals surface area contributed by atoms with Crippen molar-refractivity contribution in [2.45, 2.75) is 13.5 Å². The van der Waals surface area contributed by atoms with Crippen molar-refractivity contribution in [3.63, 3.8) is 0 Å². The van der Waals surface area contributed by atoms with Gasteiger partial charge in [-0.15, -0.1) is 11.3 Å². The maximum absolute atomic E-state index is 13.2. The van der Waals surface area contributed by atoms with E-state index in [1.165, 1.54) is 35.6 Å². The minimum atomic E-state index is -0.449. The summed E-state index contributed by atoms with van der Waals surface area (Å²) >= 11 is 1.46. The molecule has 0 aliphatic rings. The number of carbonyl (C=O) groups is 1. The molecule has 33 heavy (non-hydrogen) atoms.